The standard InChI is InChI=1S/C10H8BrFOS/c11-4-8-10(12)9-6(5-13)2-1-3-7(9)14-8/h1-3,13H,4-5H2. The summed E-state index contributed by atoms with van der Waals surface area (Å²) >= 11 is 4.66. The maximum Gasteiger partial charge on any atom is 0.146 e. The Balaban J connectivity index is 2.79. The Hall–Kier alpha value is -0.450. The highest BCUT2D eigenvalue weighted by Gasteiger charge is 2.13. The van der Waals surface area contributed by atoms with Crippen molar-refractivity contribution >= 4 is 37.4 Å². The van der Waals surface area contributed by atoms with Crippen molar-refractivity contribution in [3.05, 3.63) is 34.5 Å². The van der Waals surface area contributed by atoms with E-state index in [4.69, 9.17) is 5.11 Å². The Kier molecular flexibility index (Phi) is 2.85. The highest BCUT2D eigenvalue weighted by Crippen LogP contribution is 2.33. The van der Waals surface area contributed by atoms with Crippen LogP contribution in [0.5, 0.6) is 0 Å². The predicted molar refractivity (Wildman–Crippen MR) is 60.3 cm³/mol. The van der Waals surface area contributed by atoms with Gasteiger partial charge in [0, 0.05) is 15.4 Å². The molecule has 2 aromatic rings. The molecule has 0 saturated carbocycles. The Bertz CT molecular complexity index is 466. The maximum absolute atomic E-state index is 13.7. The summed E-state index contributed by atoms with van der Waals surface area (Å²) < 4.78 is 14.6. The molecule has 0 aliphatic heterocycles. The molecule has 0 fully saturated rings. The van der Waals surface area contributed by atoms with Gasteiger partial charge in [0.25, 0.3) is 0 Å². The monoisotopic (exact) mass is 274 g/mol. The fourth-order valence-corrected chi connectivity index (χ4v) is 3.02. The van der Waals surface area contributed by atoms with Gasteiger partial charge in [-0.15, -0.1) is 11.3 Å². The van der Waals surface area contributed by atoms with Crippen molar-refractivity contribution in [1.82, 2.24) is 0 Å². The third-order valence-electron chi connectivity index (χ3n) is 2.10. The summed E-state index contributed by atoms with van der Waals surface area (Å²) in [5, 5.41) is 10.1. The second kappa shape index (κ2) is 3.96. The van der Waals surface area contributed by atoms with Crippen molar-refractivity contribution in [2.24, 2.45) is 0 Å². The highest BCUT2D eigenvalue weighted by molar-refractivity contribution is 9.08. The molecule has 1 nitrogen and oxygen atoms in total. The van der Waals surface area contributed by atoms with Crippen LogP contribution >= 0.6 is 27.3 Å². The zero-order valence-electron chi connectivity index (χ0n) is 7.26. The van der Waals surface area contributed by atoms with Gasteiger partial charge in [-0.25, -0.2) is 4.39 Å². The van der Waals surface area contributed by atoms with Crippen LogP contribution in [0.4, 0.5) is 4.39 Å². The van der Waals surface area contributed by atoms with Gasteiger partial charge in [-0.3, -0.25) is 0 Å². The van der Waals surface area contributed by atoms with E-state index in [1.165, 1.54) is 11.3 Å². The fraction of sp³-hybridized carbons (Fsp3) is 0.200. The van der Waals surface area contributed by atoms with Gasteiger partial charge in [-0.1, -0.05) is 28.1 Å². The fourth-order valence-electron chi connectivity index (χ4n) is 1.45. The van der Waals surface area contributed by atoms with Gasteiger partial charge in [0.15, 0.2) is 0 Å². The number of aliphatic hydroxyl groups is 1. The van der Waals surface area contributed by atoms with Crippen LogP contribution in [0.15, 0.2) is 18.2 Å². The molecule has 0 radical (unpaired) electrons. The minimum atomic E-state index is -0.202. The molecule has 0 aliphatic rings. The van der Waals surface area contributed by atoms with Crippen molar-refractivity contribution in [3.63, 3.8) is 0 Å². The largest absolute Gasteiger partial charge is 0.392 e. The lowest BCUT2D eigenvalue weighted by atomic mass is 10.1. The van der Waals surface area contributed by atoms with Gasteiger partial charge in [0.2, 0.25) is 0 Å². The first-order valence-electron chi connectivity index (χ1n) is 4.13. The molecule has 1 N–H and O–H groups in total. The summed E-state index contributed by atoms with van der Waals surface area (Å²) in [4.78, 5) is 0.681. The van der Waals surface area contributed by atoms with Crippen molar-refractivity contribution in [2.45, 2.75) is 11.9 Å². The molecular formula is C10H8BrFOS. The number of thiophene rings is 1. The Labute approximate surface area is 93.3 Å². The van der Waals surface area contributed by atoms with Crippen LogP contribution in [-0.2, 0) is 11.9 Å². The van der Waals surface area contributed by atoms with E-state index in [9.17, 15) is 4.39 Å². The lowest BCUT2D eigenvalue weighted by Gasteiger charge is -1.97. The molecule has 0 saturated heterocycles. The number of hydrogen-bond acceptors (Lipinski definition) is 2. The molecule has 74 valence electrons. The number of fused-ring (bicyclic) bond motifs is 1. The van der Waals surface area contributed by atoms with Gasteiger partial charge in [0.1, 0.15) is 5.82 Å². The van der Waals surface area contributed by atoms with Crippen molar-refractivity contribution < 1.29 is 9.50 Å². The van der Waals surface area contributed by atoms with Crippen molar-refractivity contribution in [1.29, 1.82) is 0 Å². The molecule has 0 amide bonds. The molecule has 4 heteroatoms. The Morgan fingerprint density at radius 1 is 1.43 bits per heavy atom. The summed E-state index contributed by atoms with van der Waals surface area (Å²) in [5.74, 6) is -0.202. The van der Waals surface area contributed by atoms with Crippen LogP contribution in [-0.4, -0.2) is 5.11 Å². The summed E-state index contributed by atoms with van der Waals surface area (Å²) in [6.07, 6.45) is 0. The molecule has 2 rings (SSSR count). The van der Waals surface area contributed by atoms with E-state index in [0.717, 1.165) is 4.70 Å². The second-order valence-corrected chi connectivity index (χ2v) is 4.62. The first kappa shape index (κ1) is 10.1. The minimum Gasteiger partial charge on any atom is -0.392 e. The van der Waals surface area contributed by atoms with Gasteiger partial charge in [0.05, 0.1) is 11.5 Å². The average molecular weight is 275 g/mol. The second-order valence-electron chi connectivity index (χ2n) is 2.92. The predicted octanol–water partition coefficient (Wildman–Crippen LogP) is 3.43. The molecule has 1 heterocycles. The topological polar surface area (TPSA) is 20.2 Å². The smallest absolute Gasteiger partial charge is 0.146 e. The number of rotatable bonds is 2. The summed E-state index contributed by atoms with van der Waals surface area (Å²) in [7, 11) is 0. The van der Waals surface area contributed by atoms with E-state index in [1.54, 1.807) is 6.07 Å². The van der Waals surface area contributed by atoms with Crippen LogP contribution in [0.3, 0.4) is 0 Å². The van der Waals surface area contributed by atoms with Crippen LogP contribution in [0.1, 0.15) is 10.4 Å². The number of hydrogen-bond donors (Lipinski definition) is 1. The quantitative estimate of drug-likeness (QED) is 0.832. The first-order valence-corrected chi connectivity index (χ1v) is 6.07. The van der Waals surface area contributed by atoms with E-state index in [2.05, 4.69) is 15.9 Å². The lowest BCUT2D eigenvalue weighted by Crippen LogP contribution is -1.85. The van der Waals surface area contributed by atoms with Crippen LogP contribution in [0.25, 0.3) is 10.1 Å². The molecule has 0 bridgehead atoms. The van der Waals surface area contributed by atoms with Gasteiger partial charge in [-0.05, 0) is 11.6 Å². The highest BCUT2D eigenvalue weighted by atomic mass is 79.9. The van der Waals surface area contributed by atoms with E-state index < -0.39 is 0 Å². The average Bonchev–Trinajstić information content (AvgIpc) is 2.55. The SMILES string of the molecule is OCc1cccc2sc(CBr)c(F)c12. The van der Waals surface area contributed by atoms with Gasteiger partial charge in [-0.2, -0.15) is 0 Å². The lowest BCUT2D eigenvalue weighted by molar-refractivity contribution is 0.283. The first-order chi connectivity index (χ1) is 6.77. The van der Waals surface area contributed by atoms with Crippen LogP contribution in [0.2, 0.25) is 0 Å². The van der Waals surface area contributed by atoms with Crippen LogP contribution in [0, 0.1) is 5.82 Å². The summed E-state index contributed by atoms with van der Waals surface area (Å²) in [5.41, 5.74) is 0.656. The zero-order valence-corrected chi connectivity index (χ0v) is 9.66. The number of benzene rings is 1. The molecule has 0 atom stereocenters. The molecule has 0 aliphatic carbocycles. The molecule has 1 aromatic carbocycles. The molecule has 1 aromatic heterocycles. The normalized spacial score (nSPS) is 11.1. The number of alkyl halides is 1. The zero-order chi connectivity index (χ0) is 10.1. The Morgan fingerprint density at radius 3 is 2.86 bits per heavy atom. The van der Waals surface area contributed by atoms with E-state index >= 15 is 0 Å². The van der Waals surface area contributed by atoms with Gasteiger partial charge >= 0.3 is 0 Å². The van der Waals surface area contributed by atoms with Crippen LogP contribution < -0.4 is 0 Å². The third kappa shape index (κ3) is 1.47. The van der Waals surface area contributed by atoms with Crippen molar-refractivity contribution in [3.8, 4) is 0 Å². The van der Waals surface area contributed by atoms with E-state index in [1.807, 2.05) is 12.1 Å². The summed E-state index contributed by atoms with van der Waals surface area (Å²) in [6, 6.07) is 5.45. The van der Waals surface area contributed by atoms with Gasteiger partial charge < -0.3 is 5.11 Å². The maximum atomic E-state index is 13.7. The number of halogens is 2. The molecular weight excluding hydrogens is 267 g/mol. The summed E-state index contributed by atoms with van der Waals surface area (Å²) in [6.45, 7) is -0.118. The minimum absolute atomic E-state index is 0.118. The Morgan fingerprint density at radius 2 is 2.21 bits per heavy atom. The number of aliphatic hydroxyl groups excluding tert-OH is 1. The third-order valence-corrected chi connectivity index (χ3v) is 4.16. The van der Waals surface area contributed by atoms with E-state index in [0.29, 0.717) is 21.2 Å². The molecule has 14 heavy (non-hydrogen) atoms. The van der Waals surface area contributed by atoms with Crippen molar-refractivity contribution in [2.75, 3.05) is 0 Å². The molecule has 0 spiro atoms. The van der Waals surface area contributed by atoms with E-state index in [-0.39, 0.29) is 12.4 Å². The molecule has 0 unspecified atom stereocenters.